The molecule has 0 bridgehead atoms. The van der Waals surface area contributed by atoms with Crippen LogP contribution in [0.3, 0.4) is 0 Å². The minimum atomic E-state index is -0.333. The number of non-ortho nitro benzene ring substituents is 1. The average molecular weight is 263 g/mol. The predicted molar refractivity (Wildman–Crippen MR) is 74.9 cm³/mol. The fourth-order valence-electron chi connectivity index (χ4n) is 3.03. The van der Waals surface area contributed by atoms with Crippen molar-refractivity contribution in [2.24, 2.45) is 5.73 Å². The summed E-state index contributed by atoms with van der Waals surface area (Å²) in [5, 5.41) is 10.9. The fraction of sp³-hybridized carbons (Fsp3) is 0.571. The van der Waals surface area contributed by atoms with E-state index in [9.17, 15) is 10.1 Å². The standard InChI is InChI=1S/C14H21N3O2/c1-2-14(16-8-4-7-13(16)10-15)11-5-3-6-12(9-11)17(18)19/h3,5-6,9,13-14H,2,4,7-8,10,15H2,1H3. The summed E-state index contributed by atoms with van der Waals surface area (Å²) < 4.78 is 0. The van der Waals surface area contributed by atoms with E-state index >= 15 is 0 Å². The number of rotatable bonds is 5. The van der Waals surface area contributed by atoms with Gasteiger partial charge in [0.15, 0.2) is 0 Å². The molecule has 5 nitrogen and oxygen atoms in total. The summed E-state index contributed by atoms with van der Waals surface area (Å²) >= 11 is 0. The normalized spacial score (nSPS) is 21.5. The van der Waals surface area contributed by atoms with Crippen LogP contribution in [0.15, 0.2) is 24.3 Å². The quantitative estimate of drug-likeness (QED) is 0.654. The Morgan fingerprint density at radius 3 is 3.00 bits per heavy atom. The lowest BCUT2D eigenvalue weighted by atomic mass is 10.0. The number of benzene rings is 1. The maximum atomic E-state index is 10.9. The zero-order valence-corrected chi connectivity index (χ0v) is 11.3. The summed E-state index contributed by atoms with van der Waals surface area (Å²) in [6.07, 6.45) is 3.23. The van der Waals surface area contributed by atoms with E-state index in [4.69, 9.17) is 5.73 Å². The maximum absolute atomic E-state index is 10.9. The topological polar surface area (TPSA) is 72.4 Å². The van der Waals surface area contributed by atoms with Crippen molar-refractivity contribution in [1.82, 2.24) is 4.90 Å². The van der Waals surface area contributed by atoms with Crippen LogP contribution in [0.2, 0.25) is 0 Å². The molecule has 1 fully saturated rings. The van der Waals surface area contributed by atoms with Crippen molar-refractivity contribution in [3.05, 3.63) is 39.9 Å². The van der Waals surface area contributed by atoms with Gasteiger partial charge < -0.3 is 5.73 Å². The highest BCUT2D eigenvalue weighted by atomic mass is 16.6. The molecule has 104 valence electrons. The number of nitrogens with two attached hydrogens (primary N) is 1. The van der Waals surface area contributed by atoms with E-state index in [1.807, 2.05) is 6.07 Å². The van der Waals surface area contributed by atoms with Crippen LogP contribution in [-0.4, -0.2) is 29.0 Å². The monoisotopic (exact) mass is 263 g/mol. The number of nitro benzene ring substituents is 1. The summed E-state index contributed by atoms with van der Waals surface area (Å²) in [7, 11) is 0. The lowest BCUT2D eigenvalue weighted by molar-refractivity contribution is -0.385. The van der Waals surface area contributed by atoms with Gasteiger partial charge in [-0.3, -0.25) is 15.0 Å². The van der Waals surface area contributed by atoms with E-state index in [1.54, 1.807) is 18.2 Å². The van der Waals surface area contributed by atoms with E-state index in [1.165, 1.54) is 0 Å². The maximum Gasteiger partial charge on any atom is 0.269 e. The molecule has 1 aliphatic heterocycles. The largest absolute Gasteiger partial charge is 0.329 e. The second kappa shape index (κ2) is 6.12. The zero-order chi connectivity index (χ0) is 13.8. The molecular weight excluding hydrogens is 242 g/mol. The predicted octanol–water partition coefficient (Wildman–Crippen LogP) is 2.47. The highest BCUT2D eigenvalue weighted by Crippen LogP contribution is 2.32. The summed E-state index contributed by atoms with van der Waals surface area (Å²) in [4.78, 5) is 12.9. The van der Waals surface area contributed by atoms with E-state index in [2.05, 4.69) is 11.8 Å². The molecule has 19 heavy (non-hydrogen) atoms. The first-order valence-corrected chi connectivity index (χ1v) is 6.87. The van der Waals surface area contributed by atoms with Crippen molar-refractivity contribution in [2.45, 2.75) is 38.3 Å². The van der Waals surface area contributed by atoms with Crippen molar-refractivity contribution in [2.75, 3.05) is 13.1 Å². The molecule has 0 aliphatic carbocycles. The van der Waals surface area contributed by atoms with Gasteiger partial charge in [-0.25, -0.2) is 0 Å². The number of hydrogen-bond donors (Lipinski definition) is 1. The highest BCUT2D eigenvalue weighted by Gasteiger charge is 2.30. The van der Waals surface area contributed by atoms with Gasteiger partial charge in [-0.15, -0.1) is 0 Å². The van der Waals surface area contributed by atoms with Crippen molar-refractivity contribution >= 4 is 5.69 Å². The van der Waals surface area contributed by atoms with Crippen LogP contribution < -0.4 is 5.73 Å². The molecule has 1 aromatic carbocycles. The first-order valence-electron chi connectivity index (χ1n) is 6.87. The molecule has 2 unspecified atom stereocenters. The molecule has 0 radical (unpaired) electrons. The SMILES string of the molecule is CCC(c1cccc([N+](=O)[O-])c1)N1CCCC1CN. The summed E-state index contributed by atoms with van der Waals surface area (Å²) in [6, 6.07) is 7.62. The molecule has 0 saturated carbocycles. The van der Waals surface area contributed by atoms with Crippen LogP contribution in [-0.2, 0) is 0 Å². The Labute approximate surface area is 113 Å². The number of nitro groups is 1. The Balaban J connectivity index is 2.26. The van der Waals surface area contributed by atoms with Gasteiger partial charge in [-0.1, -0.05) is 19.1 Å². The van der Waals surface area contributed by atoms with Gasteiger partial charge in [-0.05, 0) is 31.4 Å². The molecule has 0 aromatic heterocycles. The third-order valence-corrected chi connectivity index (χ3v) is 3.95. The average Bonchev–Trinajstić information content (AvgIpc) is 2.88. The smallest absolute Gasteiger partial charge is 0.269 e. The van der Waals surface area contributed by atoms with Crippen LogP contribution in [0.5, 0.6) is 0 Å². The van der Waals surface area contributed by atoms with E-state index in [-0.39, 0.29) is 16.7 Å². The van der Waals surface area contributed by atoms with E-state index in [0.717, 1.165) is 31.4 Å². The zero-order valence-electron chi connectivity index (χ0n) is 11.3. The molecule has 2 N–H and O–H groups in total. The summed E-state index contributed by atoms with van der Waals surface area (Å²) in [5.74, 6) is 0. The third-order valence-electron chi connectivity index (χ3n) is 3.95. The minimum Gasteiger partial charge on any atom is -0.329 e. The van der Waals surface area contributed by atoms with Gasteiger partial charge in [0, 0.05) is 30.8 Å². The van der Waals surface area contributed by atoms with Crippen molar-refractivity contribution in [3.63, 3.8) is 0 Å². The first-order chi connectivity index (χ1) is 9.17. The Bertz CT molecular complexity index is 450. The Morgan fingerprint density at radius 1 is 1.58 bits per heavy atom. The van der Waals surface area contributed by atoms with Crippen molar-refractivity contribution < 1.29 is 4.92 Å². The number of likely N-dealkylation sites (tertiary alicyclic amines) is 1. The van der Waals surface area contributed by atoms with E-state index in [0.29, 0.717) is 12.6 Å². The van der Waals surface area contributed by atoms with Crippen LogP contribution in [0, 0.1) is 10.1 Å². The highest BCUT2D eigenvalue weighted by molar-refractivity contribution is 5.36. The van der Waals surface area contributed by atoms with Gasteiger partial charge in [0.1, 0.15) is 0 Å². The number of hydrogen-bond acceptors (Lipinski definition) is 4. The Morgan fingerprint density at radius 2 is 2.37 bits per heavy atom. The first kappa shape index (κ1) is 14.0. The van der Waals surface area contributed by atoms with Gasteiger partial charge in [0.2, 0.25) is 0 Å². The van der Waals surface area contributed by atoms with Crippen molar-refractivity contribution in [3.8, 4) is 0 Å². The van der Waals surface area contributed by atoms with Crippen LogP contribution in [0.4, 0.5) is 5.69 Å². The fourth-order valence-corrected chi connectivity index (χ4v) is 3.03. The molecule has 1 aromatic rings. The van der Waals surface area contributed by atoms with Gasteiger partial charge in [-0.2, -0.15) is 0 Å². The molecule has 1 heterocycles. The van der Waals surface area contributed by atoms with Crippen molar-refractivity contribution in [1.29, 1.82) is 0 Å². The summed E-state index contributed by atoms with van der Waals surface area (Å²) in [6.45, 7) is 3.81. The second-order valence-corrected chi connectivity index (χ2v) is 5.05. The third kappa shape index (κ3) is 2.93. The molecule has 1 aliphatic rings. The van der Waals surface area contributed by atoms with Gasteiger partial charge >= 0.3 is 0 Å². The van der Waals surface area contributed by atoms with Gasteiger partial charge in [0.05, 0.1) is 4.92 Å². The molecule has 2 atom stereocenters. The van der Waals surface area contributed by atoms with Crippen LogP contribution in [0.25, 0.3) is 0 Å². The lowest BCUT2D eigenvalue weighted by Gasteiger charge is -2.32. The molecule has 5 heteroatoms. The minimum absolute atomic E-state index is 0.166. The van der Waals surface area contributed by atoms with Gasteiger partial charge in [0.25, 0.3) is 5.69 Å². The summed E-state index contributed by atoms with van der Waals surface area (Å²) in [5.41, 5.74) is 7.01. The molecule has 1 saturated heterocycles. The number of nitrogens with zero attached hydrogens (tertiary/aromatic N) is 2. The molecule has 0 amide bonds. The lowest BCUT2D eigenvalue weighted by Crippen LogP contribution is -2.38. The van der Waals surface area contributed by atoms with E-state index < -0.39 is 0 Å². The van der Waals surface area contributed by atoms with Crippen LogP contribution >= 0.6 is 0 Å². The Kier molecular flexibility index (Phi) is 4.50. The molecule has 2 rings (SSSR count). The molecule has 0 spiro atoms. The molecular formula is C14H21N3O2. The second-order valence-electron chi connectivity index (χ2n) is 5.05. The Hall–Kier alpha value is -1.46. The van der Waals surface area contributed by atoms with Crippen LogP contribution in [0.1, 0.15) is 37.8 Å².